The van der Waals surface area contributed by atoms with E-state index in [1.165, 1.54) is 23.9 Å². The molecule has 0 atom stereocenters. The summed E-state index contributed by atoms with van der Waals surface area (Å²) in [7, 11) is 0. The molecule has 1 aliphatic heterocycles. The Balaban J connectivity index is 1.80. The number of halogens is 2. The number of phenols is 1. The molecule has 0 radical (unpaired) electrons. The van der Waals surface area contributed by atoms with Crippen molar-refractivity contribution in [3.63, 3.8) is 0 Å². The van der Waals surface area contributed by atoms with E-state index in [0.717, 1.165) is 5.75 Å². The average molecular weight is 409 g/mol. The zero-order valence-electron chi connectivity index (χ0n) is 13.6. The van der Waals surface area contributed by atoms with E-state index in [1.807, 2.05) is 31.2 Å². The monoisotopic (exact) mass is 408 g/mol. The van der Waals surface area contributed by atoms with Gasteiger partial charge in [0.05, 0.1) is 27.2 Å². The number of thioether (sulfide) groups is 1. The molecule has 0 bridgehead atoms. The summed E-state index contributed by atoms with van der Waals surface area (Å²) >= 11 is 13.0. The van der Waals surface area contributed by atoms with Gasteiger partial charge in [0, 0.05) is 0 Å². The van der Waals surface area contributed by atoms with Gasteiger partial charge in [-0.2, -0.15) is 0 Å². The zero-order chi connectivity index (χ0) is 18.7. The highest BCUT2D eigenvalue weighted by atomic mass is 35.5. The summed E-state index contributed by atoms with van der Waals surface area (Å²) in [5, 5.41) is 13.0. The second kappa shape index (κ2) is 8.03. The van der Waals surface area contributed by atoms with Crippen molar-refractivity contribution in [1.29, 1.82) is 0 Å². The Bertz CT molecular complexity index is 888. The normalized spacial score (nSPS) is 17.0. The summed E-state index contributed by atoms with van der Waals surface area (Å²) in [6, 6.07) is 10.3. The van der Waals surface area contributed by atoms with Gasteiger partial charge in [-0.3, -0.25) is 4.79 Å². The standard InChI is InChI=1S/C18H14Cl2N2O3S/c1-2-25-12-5-3-11(4-6-12)21-18-22-17(24)15(26-18)9-10-7-13(19)16(23)14(20)8-10/h3-9,23H,2H2,1H3,(H,21,22,24)/b15-9+. The molecular formula is C18H14Cl2N2O3S. The molecule has 0 aromatic heterocycles. The molecule has 2 aromatic carbocycles. The van der Waals surface area contributed by atoms with Crippen molar-refractivity contribution in [2.24, 2.45) is 4.99 Å². The molecule has 1 fully saturated rings. The van der Waals surface area contributed by atoms with Gasteiger partial charge in [-0.05, 0) is 66.7 Å². The van der Waals surface area contributed by atoms with E-state index in [1.54, 1.807) is 6.08 Å². The Morgan fingerprint density at radius 1 is 1.23 bits per heavy atom. The summed E-state index contributed by atoms with van der Waals surface area (Å²) in [6.07, 6.45) is 1.64. The number of phenolic OH excluding ortho intramolecular Hbond substituents is 1. The second-order valence-electron chi connectivity index (χ2n) is 5.24. The predicted molar refractivity (Wildman–Crippen MR) is 107 cm³/mol. The van der Waals surface area contributed by atoms with Crippen LogP contribution < -0.4 is 10.1 Å². The van der Waals surface area contributed by atoms with Crippen LogP contribution in [0.5, 0.6) is 11.5 Å². The number of carbonyl (C=O) groups excluding carboxylic acids is 1. The minimum Gasteiger partial charge on any atom is -0.505 e. The second-order valence-corrected chi connectivity index (χ2v) is 7.09. The van der Waals surface area contributed by atoms with Crippen LogP contribution in [0.3, 0.4) is 0 Å². The molecule has 26 heavy (non-hydrogen) atoms. The lowest BCUT2D eigenvalue weighted by Gasteiger charge is -2.02. The summed E-state index contributed by atoms with van der Waals surface area (Å²) in [4.78, 5) is 17.0. The highest BCUT2D eigenvalue weighted by Gasteiger charge is 2.24. The minimum absolute atomic E-state index is 0.121. The first kappa shape index (κ1) is 18.6. The molecule has 5 nitrogen and oxygen atoms in total. The van der Waals surface area contributed by atoms with Crippen molar-refractivity contribution >= 4 is 57.8 Å². The number of aliphatic imine (C=N–C) groups is 1. The van der Waals surface area contributed by atoms with Crippen LogP contribution in [0.1, 0.15) is 12.5 Å². The van der Waals surface area contributed by atoms with Crippen LogP contribution in [0.25, 0.3) is 6.08 Å². The molecule has 2 N–H and O–H groups in total. The molecular weight excluding hydrogens is 395 g/mol. The van der Waals surface area contributed by atoms with Gasteiger partial charge >= 0.3 is 0 Å². The van der Waals surface area contributed by atoms with Gasteiger partial charge in [0.25, 0.3) is 5.91 Å². The molecule has 2 aromatic rings. The van der Waals surface area contributed by atoms with E-state index in [-0.39, 0.29) is 21.7 Å². The van der Waals surface area contributed by atoms with Gasteiger partial charge in [0.15, 0.2) is 10.9 Å². The molecule has 1 heterocycles. The maximum absolute atomic E-state index is 12.1. The number of amides is 1. The van der Waals surface area contributed by atoms with Crippen molar-refractivity contribution in [2.45, 2.75) is 6.92 Å². The van der Waals surface area contributed by atoms with E-state index in [0.29, 0.717) is 27.9 Å². The van der Waals surface area contributed by atoms with E-state index >= 15 is 0 Å². The number of hydrogen-bond donors (Lipinski definition) is 2. The van der Waals surface area contributed by atoms with Crippen molar-refractivity contribution < 1.29 is 14.6 Å². The van der Waals surface area contributed by atoms with Crippen LogP contribution in [-0.4, -0.2) is 22.8 Å². The van der Waals surface area contributed by atoms with Crippen molar-refractivity contribution in [2.75, 3.05) is 6.61 Å². The summed E-state index contributed by atoms with van der Waals surface area (Å²) in [6.45, 7) is 2.51. The quantitative estimate of drug-likeness (QED) is 0.698. The maximum atomic E-state index is 12.1. The molecule has 1 amide bonds. The Kier molecular flexibility index (Phi) is 5.76. The molecule has 0 spiro atoms. The summed E-state index contributed by atoms with van der Waals surface area (Å²) in [5.41, 5.74) is 1.31. The molecule has 0 unspecified atom stereocenters. The van der Waals surface area contributed by atoms with Crippen LogP contribution in [0.2, 0.25) is 10.0 Å². The van der Waals surface area contributed by atoms with E-state index in [9.17, 15) is 9.90 Å². The maximum Gasteiger partial charge on any atom is 0.264 e. The van der Waals surface area contributed by atoms with Crippen LogP contribution >= 0.6 is 35.0 Å². The molecule has 0 aliphatic carbocycles. The van der Waals surface area contributed by atoms with Crippen molar-refractivity contribution in [3.05, 3.63) is 56.9 Å². The SMILES string of the molecule is CCOc1ccc(N=C2NC(=O)/C(=C\c3cc(Cl)c(O)c(Cl)c3)S2)cc1. The van der Waals surface area contributed by atoms with Crippen molar-refractivity contribution in [1.82, 2.24) is 5.32 Å². The number of benzene rings is 2. The number of carbonyl (C=O) groups is 1. The van der Waals surface area contributed by atoms with Gasteiger partial charge in [-0.25, -0.2) is 4.99 Å². The fraction of sp³-hybridized carbons (Fsp3) is 0.111. The Labute approximate surface area is 164 Å². The first-order valence-corrected chi connectivity index (χ1v) is 9.24. The fourth-order valence-electron chi connectivity index (χ4n) is 2.20. The number of ether oxygens (including phenoxy) is 1. The van der Waals surface area contributed by atoms with E-state index in [2.05, 4.69) is 10.3 Å². The lowest BCUT2D eigenvalue weighted by Crippen LogP contribution is -2.19. The Hall–Kier alpha value is -2.15. The first-order valence-electron chi connectivity index (χ1n) is 7.66. The third kappa shape index (κ3) is 4.33. The van der Waals surface area contributed by atoms with Gasteiger partial charge in [-0.1, -0.05) is 23.2 Å². The van der Waals surface area contributed by atoms with Crippen LogP contribution in [0.15, 0.2) is 46.3 Å². The number of hydrogen-bond acceptors (Lipinski definition) is 5. The zero-order valence-corrected chi connectivity index (χ0v) is 16.0. The molecule has 134 valence electrons. The number of amidine groups is 1. The van der Waals surface area contributed by atoms with Crippen molar-refractivity contribution in [3.8, 4) is 11.5 Å². The Morgan fingerprint density at radius 2 is 1.88 bits per heavy atom. The van der Waals surface area contributed by atoms with Gasteiger partial charge in [-0.15, -0.1) is 0 Å². The minimum atomic E-state index is -0.264. The summed E-state index contributed by atoms with van der Waals surface area (Å²) < 4.78 is 5.39. The first-order chi connectivity index (χ1) is 12.5. The number of nitrogens with zero attached hydrogens (tertiary/aromatic N) is 1. The number of rotatable bonds is 4. The lowest BCUT2D eigenvalue weighted by atomic mass is 10.2. The highest BCUT2D eigenvalue weighted by molar-refractivity contribution is 8.18. The predicted octanol–water partition coefficient (Wildman–Crippen LogP) is 4.99. The van der Waals surface area contributed by atoms with Gasteiger partial charge < -0.3 is 15.2 Å². The lowest BCUT2D eigenvalue weighted by molar-refractivity contribution is -0.115. The molecule has 8 heteroatoms. The molecule has 0 saturated carbocycles. The highest BCUT2D eigenvalue weighted by Crippen LogP contribution is 2.35. The molecule has 1 aliphatic rings. The third-order valence-electron chi connectivity index (χ3n) is 3.37. The Morgan fingerprint density at radius 3 is 2.50 bits per heavy atom. The van der Waals surface area contributed by atoms with Crippen LogP contribution in [0, 0.1) is 0 Å². The van der Waals surface area contributed by atoms with Gasteiger partial charge in [0.2, 0.25) is 0 Å². The van der Waals surface area contributed by atoms with E-state index < -0.39 is 0 Å². The average Bonchev–Trinajstić information content (AvgIpc) is 2.94. The molecule has 1 saturated heterocycles. The smallest absolute Gasteiger partial charge is 0.264 e. The van der Waals surface area contributed by atoms with Crippen LogP contribution in [-0.2, 0) is 4.79 Å². The number of aromatic hydroxyl groups is 1. The summed E-state index contributed by atoms with van der Waals surface area (Å²) in [5.74, 6) is 0.318. The fourth-order valence-corrected chi connectivity index (χ4v) is 3.55. The van der Waals surface area contributed by atoms with Gasteiger partial charge in [0.1, 0.15) is 5.75 Å². The van der Waals surface area contributed by atoms with E-state index in [4.69, 9.17) is 27.9 Å². The third-order valence-corrected chi connectivity index (χ3v) is 4.85. The number of nitrogens with one attached hydrogen (secondary N) is 1. The van der Waals surface area contributed by atoms with Crippen LogP contribution in [0.4, 0.5) is 5.69 Å². The topological polar surface area (TPSA) is 70.9 Å². The molecule has 3 rings (SSSR count). The largest absolute Gasteiger partial charge is 0.505 e.